The number of para-hydroxylation sites is 1. The molecule has 5 N–H and O–H groups in total. The lowest BCUT2D eigenvalue weighted by atomic mass is 9.87. The van der Waals surface area contributed by atoms with Crippen LogP contribution in [0.25, 0.3) is 0 Å². The van der Waals surface area contributed by atoms with Crippen LogP contribution in [0.2, 0.25) is 0 Å². The molecule has 0 aliphatic carbocycles. The minimum Gasteiger partial charge on any atom is -0.508 e. The van der Waals surface area contributed by atoms with Crippen molar-refractivity contribution in [2.45, 2.75) is 32.1 Å². The number of hydrogen-bond donors (Lipinski definition) is 5. The summed E-state index contributed by atoms with van der Waals surface area (Å²) in [7, 11) is 5.88. The third-order valence-corrected chi connectivity index (χ3v) is 10.3. The molecule has 0 fully saturated rings. The zero-order chi connectivity index (χ0) is 31.6. The topological polar surface area (TPSA) is 118 Å². The highest BCUT2D eigenvalue weighted by atomic mass is 16.3. The lowest BCUT2D eigenvalue weighted by Gasteiger charge is -2.51. The van der Waals surface area contributed by atoms with E-state index in [1.54, 1.807) is 6.07 Å². The molecule has 4 aromatic carbocycles. The first-order valence-electron chi connectivity index (χ1n) is 15.6. The Hall–Kier alpha value is -5.45. The Labute approximate surface area is 266 Å². The molecular weight excluding hydrogens is 582 g/mol. The van der Waals surface area contributed by atoms with Crippen LogP contribution in [-0.4, -0.2) is 55.7 Å². The Morgan fingerprint density at radius 2 is 1.46 bits per heavy atom. The molecule has 234 valence electrons. The van der Waals surface area contributed by atoms with Gasteiger partial charge in [0.25, 0.3) is 0 Å². The van der Waals surface area contributed by atoms with Crippen LogP contribution in [0.3, 0.4) is 0 Å². The van der Waals surface area contributed by atoms with Crippen LogP contribution >= 0.6 is 0 Å². The van der Waals surface area contributed by atoms with Gasteiger partial charge in [-0.3, -0.25) is 4.79 Å². The molecule has 0 radical (unpaired) electrons. The summed E-state index contributed by atoms with van der Waals surface area (Å²) >= 11 is 0. The van der Waals surface area contributed by atoms with E-state index in [0.717, 1.165) is 61.9 Å². The van der Waals surface area contributed by atoms with Gasteiger partial charge in [0.1, 0.15) is 17.2 Å². The van der Waals surface area contributed by atoms with Gasteiger partial charge in [0.05, 0.1) is 48.5 Å². The third kappa shape index (κ3) is 3.50. The summed E-state index contributed by atoms with van der Waals surface area (Å²) in [5.41, 5.74) is 11.7. The van der Waals surface area contributed by atoms with Gasteiger partial charge in [-0.2, -0.15) is 0 Å². The number of phenols is 3. The van der Waals surface area contributed by atoms with Gasteiger partial charge in [-0.25, -0.2) is 0 Å². The number of amides is 1. The Balaban J connectivity index is 1.17. The maximum absolute atomic E-state index is 13.3. The SMILES string of the molecule is CNc1ccc(O)c2c1CN1CN2Cc2cc(O)c3c(c21)N1Cc2c(N(C)C)cc(C4C(=O)Nc5ccccc54)c(O)c2N(C3)C1. The van der Waals surface area contributed by atoms with Crippen LogP contribution in [-0.2, 0) is 31.0 Å². The van der Waals surface area contributed by atoms with Crippen molar-refractivity contribution in [2.24, 2.45) is 0 Å². The van der Waals surface area contributed by atoms with E-state index in [-0.39, 0.29) is 23.2 Å². The second kappa shape index (κ2) is 9.29. The zero-order valence-electron chi connectivity index (χ0n) is 25.9. The summed E-state index contributed by atoms with van der Waals surface area (Å²) in [6, 6.07) is 15.1. The van der Waals surface area contributed by atoms with Crippen molar-refractivity contribution in [1.82, 2.24) is 0 Å². The van der Waals surface area contributed by atoms with E-state index in [1.165, 1.54) is 0 Å². The fraction of sp³-hybridized carbons (Fsp3) is 0.286. The average Bonchev–Trinajstić information content (AvgIpc) is 3.36. The van der Waals surface area contributed by atoms with E-state index >= 15 is 0 Å². The number of aromatic hydroxyl groups is 3. The Bertz CT molecular complexity index is 2010. The normalized spacial score (nSPS) is 18.3. The summed E-state index contributed by atoms with van der Waals surface area (Å²) < 4.78 is 0. The first kappa shape index (κ1) is 26.9. The number of nitrogens with one attached hydrogen (secondary N) is 2. The van der Waals surface area contributed by atoms with Gasteiger partial charge in [-0.1, -0.05) is 18.2 Å². The number of carbonyl (C=O) groups excluding carboxylic acids is 1. The molecule has 0 spiro atoms. The molecule has 46 heavy (non-hydrogen) atoms. The lowest BCUT2D eigenvalue weighted by molar-refractivity contribution is -0.116. The molecular formula is C35H35N7O4. The van der Waals surface area contributed by atoms with Gasteiger partial charge in [-0.05, 0) is 35.9 Å². The van der Waals surface area contributed by atoms with Crippen molar-refractivity contribution >= 4 is 45.7 Å². The Morgan fingerprint density at radius 3 is 2.24 bits per heavy atom. The first-order valence-corrected chi connectivity index (χ1v) is 15.6. The fourth-order valence-corrected chi connectivity index (χ4v) is 8.40. The van der Waals surface area contributed by atoms with Gasteiger partial charge in [0.2, 0.25) is 5.91 Å². The molecule has 0 saturated heterocycles. The highest BCUT2D eigenvalue weighted by molar-refractivity contribution is 6.06. The van der Waals surface area contributed by atoms with Gasteiger partial charge in [-0.15, -0.1) is 0 Å². The van der Waals surface area contributed by atoms with Crippen LogP contribution in [0.15, 0.2) is 48.5 Å². The molecule has 11 heteroatoms. The van der Waals surface area contributed by atoms with Crippen molar-refractivity contribution < 1.29 is 20.1 Å². The average molecular weight is 618 g/mol. The second-order valence-corrected chi connectivity index (χ2v) is 13.1. The number of carbonyl (C=O) groups is 1. The first-order chi connectivity index (χ1) is 22.2. The van der Waals surface area contributed by atoms with Crippen molar-refractivity contribution in [3.8, 4) is 17.2 Å². The van der Waals surface area contributed by atoms with Crippen LogP contribution < -0.4 is 35.1 Å². The van der Waals surface area contributed by atoms with E-state index in [0.29, 0.717) is 50.8 Å². The van der Waals surface area contributed by atoms with Crippen LogP contribution in [0, 0.1) is 0 Å². The molecule has 1 atom stereocenters. The summed E-state index contributed by atoms with van der Waals surface area (Å²) in [4.78, 5) is 24.3. The smallest absolute Gasteiger partial charge is 0.236 e. The molecule has 1 unspecified atom stereocenters. The number of phenolic OH excluding ortho intramolecular Hbond substituents is 3. The number of nitrogens with zero attached hydrogens (tertiary/aromatic N) is 5. The number of hydrogen-bond acceptors (Lipinski definition) is 10. The van der Waals surface area contributed by atoms with Crippen molar-refractivity contribution in [2.75, 3.05) is 69.6 Å². The Kier molecular flexibility index (Phi) is 5.43. The fourth-order valence-electron chi connectivity index (χ4n) is 8.40. The van der Waals surface area contributed by atoms with Gasteiger partial charge < -0.3 is 50.5 Å². The van der Waals surface area contributed by atoms with Crippen molar-refractivity contribution in [3.05, 3.63) is 81.9 Å². The second-order valence-electron chi connectivity index (χ2n) is 13.1. The molecule has 9 rings (SSSR count). The summed E-state index contributed by atoms with van der Waals surface area (Å²) in [6.45, 7) is 3.28. The predicted molar refractivity (Wildman–Crippen MR) is 180 cm³/mol. The van der Waals surface area contributed by atoms with E-state index in [2.05, 4.69) is 30.2 Å². The molecule has 5 heterocycles. The van der Waals surface area contributed by atoms with Crippen LogP contribution in [0.1, 0.15) is 39.3 Å². The number of fused-ring (bicyclic) bond motifs is 14. The number of rotatable bonds is 3. The quantitative estimate of drug-likeness (QED) is 0.209. The standard InChI is InChI=1S/C35H35N7O4/c1-36-24-8-9-27(43)31-21(24)13-40-16-39(31)12-18-10-28(44)23-15-42-17-41(32(23)30(18)40)14-22-26(38(2)3)11-20(34(45)33(22)42)29-19-6-4-5-7-25(19)37-35(29)46/h4-11,29,36,43-45H,12-17H2,1-3H3,(H,37,46). The van der Waals surface area contributed by atoms with Crippen molar-refractivity contribution in [1.29, 1.82) is 0 Å². The molecule has 4 aromatic rings. The molecule has 5 aliphatic rings. The molecule has 11 nitrogen and oxygen atoms in total. The largest absolute Gasteiger partial charge is 0.508 e. The maximum Gasteiger partial charge on any atom is 0.236 e. The number of benzene rings is 4. The maximum atomic E-state index is 13.3. The minimum absolute atomic E-state index is 0.112. The van der Waals surface area contributed by atoms with E-state index in [4.69, 9.17) is 0 Å². The van der Waals surface area contributed by atoms with E-state index in [1.807, 2.05) is 68.5 Å². The predicted octanol–water partition coefficient (Wildman–Crippen LogP) is 4.59. The van der Waals surface area contributed by atoms with Crippen molar-refractivity contribution in [3.63, 3.8) is 0 Å². The highest BCUT2D eigenvalue weighted by Gasteiger charge is 2.43. The van der Waals surface area contributed by atoms with Crippen LogP contribution in [0.4, 0.5) is 39.8 Å². The molecule has 0 aromatic heterocycles. The van der Waals surface area contributed by atoms with Gasteiger partial charge in [0.15, 0.2) is 0 Å². The molecule has 5 aliphatic heterocycles. The molecule has 4 bridgehead atoms. The summed E-state index contributed by atoms with van der Waals surface area (Å²) in [6.07, 6.45) is 0. The monoisotopic (exact) mass is 617 g/mol. The van der Waals surface area contributed by atoms with E-state index in [9.17, 15) is 20.1 Å². The summed E-state index contributed by atoms with van der Waals surface area (Å²) in [5, 5.41) is 40.6. The highest BCUT2D eigenvalue weighted by Crippen LogP contribution is 2.56. The summed E-state index contributed by atoms with van der Waals surface area (Å²) in [5.74, 6) is -0.186. The Morgan fingerprint density at radius 1 is 0.761 bits per heavy atom. The zero-order valence-corrected chi connectivity index (χ0v) is 25.9. The van der Waals surface area contributed by atoms with Gasteiger partial charge in [0, 0.05) is 85.7 Å². The van der Waals surface area contributed by atoms with Gasteiger partial charge >= 0.3 is 0 Å². The number of anilines is 7. The molecule has 0 saturated carbocycles. The van der Waals surface area contributed by atoms with E-state index < -0.39 is 5.92 Å². The lowest BCUT2D eigenvalue weighted by Crippen LogP contribution is -2.50. The third-order valence-electron chi connectivity index (χ3n) is 10.3. The molecule has 1 amide bonds. The minimum atomic E-state index is -0.623. The van der Waals surface area contributed by atoms with Crippen LogP contribution in [0.5, 0.6) is 17.2 Å².